The summed E-state index contributed by atoms with van der Waals surface area (Å²) in [7, 11) is 0. The number of carbonyl (C=O) groups excluding carboxylic acids is 1. The zero-order valence-corrected chi connectivity index (χ0v) is 19.7. The third kappa shape index (κ3) is 3.55. The molecule has 3 heterocycles. The summed E-state index contributed by atoms with van der Waals surface area (Å²) in [6.07, 6.45) is 6.40. The number of aromatic nitrogens is 5. The molecule has 1 aromatic carbocycles. The van der Waals surface area contributed by atoms with Gasteiger partial charge in [0.2, 0.25) is 11.8 Å². The molecule has 6 rings (SSSR count). The second-order valence-electron chi connectivity index (χ2n) is 9.91. The third-order valence-corrected chi connectivity index (χ3v) is 7.43. The zero-order chi connectivity index (χ0) is 23.6. The number of piperidine rings is 1. The fraction of sp³-hybridized carbons (Fsp3) is 0.522. The normalized spacial score (nSPS) is 25.8. The van der Waals surface area contributed by atoms with Gasteiger partial charge in [-0.05, 0) is 49.7 Å². The van der Waals surface area contributed by atoms with Gasteiger partial charge in [0.15, 0.2) is 5.82 Å². The van der Waals surface area contributed by atoms with Gasteiger partial charge in [0.1, 0.15) is 17.7 Å². The first-order valence-electron chi connectivity index (χ1n) is 11.6. The lowest BCUT2D eigenvalue weighted by atomic mass is 9.64. The van der Waals surface area contributed by atoms with Gasteiger partial charge in [0.05, 0.1) is 10.7 Å². The van der Waals surface area contributed by atoms with Crippen LogP contribution >= 0.6 is 11.6 Å². The second-order valence-corrected chi connectivity index (χ2v) is 10.3. The first kappa shape index (κ1) is 21.5. The maximum atomic E-state index is 14.8. The van der Waals surface area contributed by atoms with Crippen LogP contribution < -0.4 is 5.32 Å². The summed E-state index contributed by atoms with van der Waals surface area (Å²) in [5.41, 5.74) is -0.173. The van der Waals surface area contributed by atoms with Crippen LogP contribution in [0.25, 0.3) is 11.4 Å². The van der Waals surface area contributed by atoms with E-state index in [0.29, 0.717) is 35.0 Å². The van der Waals surface area contributed by atoms with Gasteiger partial charge in [-0.1, -0.05) is 18.5 Å². The van der Waals surface area contributed by atoms with Crippen LogP contribution in [-0.2, 0) is 12.1 Å². The molecule has 2 bridgehead atoms. The Hall–Kier alpha value is -3.01. The fourth-order valence-electron chi connectivity index (χ4n) is 5.50. The van der Waals surface area contributed by atoms with Crippen molar-refractivity contribution in [2.45, 2.75) is 64.1 Å². The van der Waals surface area contributed by atoms with Gasteiger partial charge < -0.3 is 14.6 Å². The fourth-order valence-corrected chi connectivity index (χ4v) is 5.73. The number of likely N-dealkylation sites (tertiary alicyclic amines) is 1. The summed E-state index contributed by atoms with van der Waals surface area (Å²) in [6.45, 7) is 4.69. The number of urea groups is 1. The van der Waals surface area contributed by atoms with Crippen LogP contribution in [0.15, 0.2) is 22.9 Å². The number of rotatable bonds is 5. The van der Waals surface area contributed by atoms with Crippen LogP contribution in [-0.4, -0.2) is 41.9 Å². The van der Waals surface area contributed by atoms with Crippen molar-refractivity contribution in [3.63, 3.8) is 0 Å². The van der Waals surface area contributed by atoms with Crippen molar-refractivity contribution >= 4 is 23.3 Å². The van der Waals surface area contributed by atoms with E-state index in [2.05, 4.69) is 32.5 Å². The Balaban J connectivity index is 1.27. The van der Waals surface area contributed by atoms with Crippen molar-refractivity contribution in [3.05, 3.63) is 41.1 Å². The molecule has 2 aliphatic carbocycles. The standard InChI is InChI=1S/C23H25ClFN7O2/c1-12-5-15-9-23(8-12,21-29-28-13(2)34-21)32(15)22(33)27-19-6-16(17(24)7-18(19)25)20-26-11-31(30-20)10-14-3-4-14/h6-7,11-12,14-15H,3-5,8-10H2,1-2H3,(H,27,33)/t12-,15+,23-/m0/s1. The van der Waals surface area contributed by atoms with E-state index in [1.165, 1.54) is 25.0 Å². The SMILES string of the molecule is Cc1nnc([C@]23C[C@@H](C)C[C@H](C2)N3C(=O)Nc2cc(-c3ncn(CC4CC4)n3)c(Cl)cc2F)o1. The maximum absolute atomic E-state index is 14.8. The number of fused-ring (bicyclic) bond motifs is 2. The molecule has 34 heavy (non-hydrogen) atoms. The van der Waals surface area contributed by atoms with Crippen LogP contribution in [0, 0.1) is 24.6 Å². The molecule has 0 spiro atoms. The number of benzene rings is 1. The zero-order valence-electron chi connectivity index (χ0n) is 19.0. The molecule has 2 aromatic heterocycles. The summed E-state index contributed by atoms with van der Waals surface area (Å²) in [5, 5.41) is 15.6. The highest BCUT2D eigenvalue weighted by atomic mass is 35.5. The average Bonchev–Trinajstić information content (AvgIpc) is 3.27. The molecule has 0 radical (unpaired) electrons. The van der Waals surface area contributed by atoms with E-state index < -0.39 is 17.4 Å². The van der Waals surface area contributed by atoms with Gasteiger partial charge in [0.25, 0.3) is 0 Å². The Morgan fingerprint density at radius 1 is 1.32 bits per heavy atom. The lowest BCUT2D eigenvalue weighted by Crippen LogP contribution is -2.70. The number of hydrogen-bond acceptors (Lipinski definition) is 6. The highest BCUT2D eigenvalue weighted by Crippen LogP contribution is 2.55. The highest BCUT2D eigenvalue weighted by Gasteiger charge is 2.62. The van der Waals surface area contributed by atoms with E-state index in [4.69, 9.17) is 16.0 Å². The Morgan fingerprint density at radius 2 is 2.15 bits per heavy atom. The van der Waals surface area contributed by atoms with E-state index >= 15 is 0 Å². The summed E-state index contributed by atoms with van der Waals surface area (Å²) < 4.78 is 22.4. The molecule has 9 nitrogen and oxygen atoms in total. The van der Waals surface area contributed by atoms with E-state index in [1.807, 2.05) is 0 Å². The van der Waals surface area contributed by atoms with Crippen LogP contribution in [0.3, 0.4) is 0 Å². The molecule has 3 fully saturated rings. The smallest absolute Gasteiger partial charge is 0.323 e. The number of nitrogens with zero attached hydrogens (tertiary/aromatic N) is 6. The minimum Gasteiger partial charge on any atom is -0.423 e. The molecule has 0 unspecified atom stereocenters. The van der Waals surface area contributed by atoms with Crippen molar-refractivity contribution < 1.29 is 13.6 Å². The van der Waals surface area contributed by atoms with Crippen molar-refractivity contribution in [1.29, 1.82) is 0 Å². The van der Waals surface area contributed by atoms with Crippen LogP contribution in [0.5, 0.6) is 0 Å². The molecular weight excluding hydrogens is 461 g/mol. The molecule has 1 N–H and O–H groups in total. The first-order valence-corrected chi connectivity index (χ1v) is 12.0. The van der Waals surface area contributed by atoms with Crippen LogP contribution in [0.4, 0.5) is 14.9 Å². The highest BCUT2D eigenvalue weighted by molar-refractivity contribution is 6.33. The van der Waals surface area contributed by atoms with Crippen molar-refractivity contribution in [2.75, 3.05) is 5.32 Å². The molecule has 1 aliphatic heterocycles. The van der Waals surface area contributed by atoms with Gasteiger partial charge in [-0.15, -0.1) is 10.2 Å². The summed E-state index contributed by atoms with van der Waals surface area (Å²) >= 11 is 6.32. The molecule has 3 aliphatic rings. The molecule has 11 heteroatoms. The van der Waals surface area contributed by atoms with E-state index in [1.54, 1.807) is 22.8 Å². The number of aryl methyl sites for hydroxylation is 1. The quantitative estimate of drug-likeness (QED) is 0.558. The molecule has 2 amide bonds. The molecule has 3 atom stereocenters. The Labute approximate surface area is 200 Å². The van der Waals surface area contributed by atoms with E-state index in [9.17, 15) is 9.18 Å². The molecule has 178 valence electrons. The Kier molecular flexibility index (Phi) is 4.91. The number of nitrogens with one attached hydrogen (secondary N) is 1. The summed E-state index contributed by atoms with van der Waals surface area (Å²) in [6, 6.07) is 2.31. The van der Waals surface area contributed by atoms with Gasteiger partial charge in [-0.2, -0.15) is 5.10 Å². The molecule has 2 saturated carbocycles. The summed E-state index contributed by atoms with van der Waals surface area (Å²) in [4.78, 5) is 19.5. The van der Waals surface area contributed by atoms with E-state index in [-0.39, 0.29) is 16.8 Å². The molecular formula is C23H25ClFN7O2. The van der Waals surface area contributed by atoms with Gasteiger partial charge in [-0.25, -0.2) is 14.2 Å². The van der Waals surface area contributed by atoms with Gasteiger partial charge >= 0.3 is 6.03 Å². The number of halogens is 2. The largest absolute Gasteiger partial charge is 0.423 e. The van der Waals surface area contributed by atoms with E-state index in [0.717, 1.165) is 25.8 Å². The predicted octanol–water partition coefficient (Wildman–Crippen LogP) is 4.77. The summed E-state index contributed by atoms with van der Waals surface area (Å²) in [5.74, 6) is 1.71. The Morgan fingerprint density at radius 3 is 2.88 bits per heavy atom. The van der Waals surface area contributed by atoms with Crippen molar-refractivity contribution in [3.8, 4) is 11.4 Å². The van der Waals surface area contributed by atoms with Gasteiger partial charge in [0, 0.05) is 31.5 Å². The molecule has 3 aromatic rings. The van der Waals surface area contributed by atoms with Crippen LogP contribution in [0.1, 0.15) is 50.8 Å². The third-order valence-electron chi connectivity index (χ3n) is 7.12. The van der Waals surface area contributed by atoms with Crippen molar-refractivity contribution in [1.82, 2.24) is 29.9 Å². The molecule has 1 saturated heterocycles. The van der Waals surface area contributed by atoms with Gasteiger partial charge in [-0.3, -0.25) is 4.68 Å². The monoisotopic (exact) mass is 485 g/mol. The minimum atomic E-state index is -0.664. The second kappa shape index (κ2) is 7.76. The maximum Gasteiger partial charge on any atom is 0.323 e. The number of carbonyl (C=O) groups is 1. The topological polar surface area (TPSA) is 102 Å². The number of hydrogen-bond donors (Lipinski definition) is 1. The lowest BCUT2D eigenvalue weighted by molar-refractivity contribution is -0.110. The van der Waals surface area contributed by atoms with Crippen molar-refractivity contribution in [2.24, 2.45) is 11.8 Å². The average molecular weight is 486 g/mol. The number of anilines is 1. The Bertz CT molecular complexity index is 1270. The minimum absolute atomic E-state index is 0.0258. The first-order chi connectivity index (χ1) is 16.3. The number of amides is 2. The van der Waals surface area contributed by atoms with Crippen LogP contribution in [0.2, 0.25) is 5.02 Å². The predicted molar refractivity (Wildman–Crippen MR) is 122 cm³/mol. The lowest BCUT2D eigenvalue weighted by Gasteiger charge is -2.61.